The molecule has 1 aliphatic heterocycles. The summed E-state index contributed by atoms with van der Waals surface area (Å²) in [6, 6.07) is 7.99. The van der Waals surface area contributed by atoms with Gasteiger partial charge in [0.05, 0.1) is 5.56 Å². The Balaban J connectivity index is 1.85. The van der Waals surface area contributed by atoms with Crippen molar-refractivity contribution in [3.05, 3.63) is 59.2 Å². The lowest BCUT2D eigenvalue weighted by Crippen LogP contribution is -2.25. The SMILES string of the molecule is CC(=O)N1CCc2ccc(NC(=O)c3ccc(F)cc3F)cc21. The summed E-state index contributed by atoms with van der Waals surface area (Å²) < 4.78 is 26.5. The quantitative estimate of drug-likeness (QED) is 0.925. The molecule has 0 bridgehead atoms. The maximum atomic E-state index is 13.6. The van der Waals surface area contributed by atoms with Crippen LogP contribution in [0.4, 0.5) is 20.2 Å². The summed E-state index contributed by atoms with van der Waals surface area (Å²) in [5, 5.41) is 2.57. The number of carbonyl (C=O) groups is 2. The van der Waals surface area contributed by atoms with Crippen LogP contribution >= 0.6 is 0 Å². The molecular weight excluding hydrogens is 302 g/mol. The van der Waals surface area contributed by atoms with Crippen LogP contribution in [0.15, 0.2) is 36.4 Å². The number of nitrogens with one attached hydrogen (secondary N) is 1. The molecule has 1 N–H and O–H groups in total. The number of hydrogen-bond donors (Lipinski definition) is 1. The van der Waals surface area contributed by atoms with Gasteiger partial charge in [-0.25, -0.2) is 8.78 Å². The fourth-order valence-corrected chi connectivity index (χ4v) is 2.66. The second-order valence-electron chi connectivity index (χ2n) is 5.34. The van der Waals surface area contributed by atoms with Gasteiger partial charge in [0.2, 0.25) is 5.91 Å². The smallest absolute Gasteiger partial charge is 0.258 e. The molecule has 1 heterocycles. The molecule has 0 aromatic heterocycles. The number of rotatable bonds is 2. The number of amides is 2. The Morgan fingerprint density at radius 2 is 1.91 bits per heavy atom. The number of halogens is 2. The molecule has 3 rings (SSSR count). The van der Waals surface area contributed by atoms with Gasteiger partial charge in [0.25, 0.3) is 5.91 Å². The number of nitrogens with zero attached hydrogens (tertiary/aromatic N) is 1. The van der Waals surface area contributed by atoms with Crippen molar-refractivity contribution in [2.24, 2.45) is 0 Å². The van der Waals surface area contributed by atoms with Crippen molar-refractivity contribution >= 4 is 23.2 Å². The first kappa shape index (κ1) is 15.1. The highest BCUT2D eigenvalue weighted by atomic mass is 19.1. The van der Waals surface area contributed by atoms with Gasteiger partial charge in [-0.15, -0.1) is 0 Å². The number of carbonyl (C=O) groups excluding carboxylic acids is 2. The van der Waals surface area contributed by atoms with Crippen molar-refractivity contribution in [1.29, 1.82) is 0 Å². The number of hydrogen-bond acceptors (Lipinski definition) is 2. The van der Waals surface area contributed by atoms with Crippen LogP contribution in [-0.4, -0.2) is 18.4 Å². The van der Waals surface area contributed by atoms with Gasteiger partial charge in [-0.05, 0) is 36.2 Å². The lowest BCUT2D eigenvalue weighted by Gasteiger charge is -2.16. The zero-order valence-corrected chi connectivity index (χ0v) is 12.4. The van der Waals surface area contributed by atoms with Crippen molar-refractivity contribution in [2.45, 2.75) is 13.3 Å². The van der Waals surface area contributed by atoms with Crippen molar-refractivity contribution in [3.8, 4) is 0 Å². The molecule has 1 aliphatic rings. The molecule has 2 amide bonds. The highest BCUT2D eigenvalue weighted by Gasteiger charge is 2.22. The predicted octanol–water partition coefficient (Wildman–Crippen LogP) is 3.13. The largest absolute Gasteiger partial charge is 0.322 e. The Morgan fingerprint density at radius 1 is 1.13 bits per heavy atom. The zero-order valence-electron chi connectivity index (χ0n) is 12.4. The van der Waals surface area contributed by atoms with Crippen molar-refractivity contribution in [3.63, 3.8) is 0 Å². The maximum Gasteiger partial charge on any atom is 0.258 e. The Morgan fingerprint density at radius 3 is 2.61 bits per heavy atom. The van der Waals surface area contributed by atoms with E-state index in [4.69, 9.17) is 0 Å². The average Bonchev–Trinajstić information content (AvgIpc) is 2.90. The molecule has 0 aliphatic carbocycles. The van der Waals surface area contributed by atoms with Crippen molar-refractivity contribution in [2.75, 3.05) is 16.8 Å². The standard InChI is InChI=1S/C17H14F2N2O2/c1-10(22)21-7-6-11-2-4-13(9-16(11)21)20-17(23)14-5-3-12(18)8-15(14)19/h2-5,8-9H,6-7H2,1H3,(H,20,23). The van der Waals surface area contributed by atoms with Crippen molar-refractivity contribution < 1.29 is 18.4 Å². The second kappa shape index (κ2) is 5.79. The summed E-state index contributed by atoms with van der Waals surface area (Å²) in [4.78, 5) is 25.3. The third-order valence-electron chi connectivity index (χ3n) is 3.79. The van der Waals surface area contributed by atoms with Gasteiger partial charge < -0.3 is 10.2 Å². The minimum Gasteiger partial charge on any atom is -0.322 e. The topological polar surface area (TPSA) is 49.4 Å². The predicted molar refractivity (Wildman–Crippen MR) is 82.5 cm³/mol. The molecule has 6 heteroatoms. The van der Waals surface area contributed by atoms with Crippen LogP contribution in [0.3, 0.4) is 0 Å². The first-order chi connectivity index (χ1) is 11.0. The van der Waals surface area contributed by atoms with Gasteiger partial charge in [0.1, 0.15) is 11.6 Å². The molecule has 23 heavy (non-hydrogen) atoms. The number of anilines is 2. The fourth-order valence-electron chi connectivity index (χ4n) is 2.66. The normalized spacial score (nSPS) is 12.9. The minimum atomic E-state index is -0.922. The van der Waals surface area contributed by atoms with Crippen molar-refractivity contribution in [1.82, 2.24) is 0 Å². The van der Waals surface area contributed by atoms with Gasteiger partial charge in [-0.3, -0.25) is 9.59 Å². The lowest BCUT2D eigenvalue weighted by molar-refractivity contribution is -0.116. The zero-order chi connectivity index (χ0) is 16.6. The van der Waals surface area contributed by atoms with E-state index in [0.29, 0.717) is 18.3 Å². The molecule has 2 aromatic rings. The summed E-state index contributed by atoms with van der Waals surface area (Å²) in [7, 11) is 0. The van der Waals surface area contributed by atoms with Gasteiger partial charge >= 0.3 is 0 Å². The van der Waals surface area contributed by atoms with Crippen LogP contribution in [0.5, 0.6) is 0 Å². The summed E-state index contributed by atoms with van der Waals surface area (Å²) in [6.45, 7) is 2.09. The van der Waals surface area contributed by atoms with E-state index < -0.39 is 17.5 Å². The lowest BCUT2D eigenvalue weighted by atomic mass is 10.1. The molecule has 0 radical (unpaired) electrons. The van der Waals surface area contributed by atoms with Crippen LogP contribution in [0.1, 0.15) is 22.8 Å². The van der Waals surface area contributed by atoms with Gasteiger partial charge in [-0.1, -0.05) is 6.07 Å². The van der Waals surface area contributed by atoms with E-state index in [-0.39, 0.29) is 11.5 Å². The first-order valence-electron chi connectivity index (χ1n) is 7.13. The Hall–Kier alpha value is -2.76. The van der Waals surface area contributed by atoms with E-state index in [1.807, 2.05) is 6.07 Å². The number of fused-ring (bicyclic) bond motifs is 1. The molecule has 118 valence electrons. The molecule has 4 nitrogen and oxygen atoms in total. The summed E-state index contributed by atoms with van der Waals surface area (Å²) >= 11 is 0. The molecule has 0 spiro atoms. The first-order valence-corrected chi connectivity index (χ1v) is 7.13. The van der Waals surface area contributed by atoms with Crippen LogP contribution in [-0.2, 0) is 11.2 Å². The van der Waals surface area contributed by atoms with E-state index >= 15 is 0 Å². The average molecular weight is 316 g/mol. The van der Waals surface area contributed by atoms with Crippen LogP contribution in [0.25, 0.3) is 0 Å². The fraction of sp³-hybridized carbons (Fsp3) is 0.176. The van der Waals surface area contributed by atoms with E-state index in [0.717, 1.165) is 29.8 Å². The van der Waals surface area contributed by atoms with E-state index in [1.165, 1.54) is 6.92 Å². The second-order valence-corrected chi connectivity index (χ2v) is 5.34. The summed E-state index contributed by atoms with van der Waals surface area (Å²) in [5.74, 6) is -2.41. The molecule has 0 saturated heterocycles. The van der Waals surface area contributed by atoms with Gasteiger partial charge in [-0.2, -0.15) is 0 Å². The Kier molecular flexibility index (Phi) is 3.82. The van der Waals surface area contributed by atoms with Crippen LogP contribution < -0.4 is 10.2 Å². The molecule has 2 aromatic carbocycles. The Bertz CT molecular complexity index is 805. The van der Waals surface area contributed by atoms with Crippen LogP contribution in [0, 0.1) is 11.6 Å². The third-order valence-corrected chi connectivity index (χ3v) is 3.79. The van der Waals surface area contributed by atoms with E-state index in [9.17, 15) is 18.4 Å². The van der Waals surface area contributed by atoms with Gasteiger partial charge in [0.15, 0.2) is 0 Å². The van der Waals surface area contributed by atoms with E-state index in [1.54, 1.807) is 17.0 Å². The number of benzene rings is 2. The molecule has 0 fully saturated rings. The highest BCUT2D eigenvalue weighted by molar-refractivity contribution is 6.05. The molecule has 0 saturated carbocycles. The molecule has 0 unspecified atom stereocenters. The monoisotopic (exact) mass is 316 g/mol. The Labute approximate surface area is 131 Å². The molecular formula is C17H14F2N2O2. The van der Waals surface area contributed by atoms with E-state index in [2.05, 4.69) is 5.32 Å². The minimum absolute atomic E-state index is 0.0724. The third kappa shape index (κ3) is 2.92. The highest BCUT2D eigenvalue weighted by Crippen LogP contribution is 2.31. The maximum absolute atomic E-state index is 13.6. The van der Waals surface area contributed by atoms with Crippen LogP contribution in [0.2, 0.25) is 0 Å². The summed E-state index contributed by atoms with van der Waals surface area (Å²) in [5.41, 5.74) is 1.97. The van der Waals surface area contributed by atoms with Gasteiger partial charge in [0, 0.05) is 30.9 Å². The molecule has 0 atom stereocenters. The summed E-state index contributed by atoms with van der Waals surface area (Å²) in [6.07, 6.45) is 0.760.